The van der Waals surface area contributed by atoms with Crippen molar-refractivity contribution in [2.45, 2.75) is 6.92 Å². The summed E-state index contributed by atoms with van der Waals surface area (Å²) >= 11 is 3.08. The van der Waals surface area contributed by atoms with E-state index in [4.69, 9.17) is 0 Å². The van der Waals surface area contributed by atoms with Crippen molar-refractivity contribution in [1.82, 2.24) is 9.97 Å². The Hall–Kier alpha value is -3.18. The molecule has 0 saturated heterocycles. The summed E-state index contributed by atoms with van der Waals surface area (Å²) in [5.41, 5.74) is 2.75. The highest BCUT2D eigenvalue weighted by atomic mass is 79.9. The van der Waals surface area contributed by atoms with Crippen LogP contribution >= 0.6 is 15.9 Å². The van der Waals surface area contributed by atoms with Gasteiger partial charge in [0.15, 0.2) is 0 Å². The molecule has 0 fully saturated rings. The Kier molecular flexibility index (Phi) is 4.25. The zero-order chi connectivity index (χ0) is 18.1. The molecule has 0 bridgehead atoms. The van der Waals surface area contributed by atoms with E-state index < -0.39 is 16.4 Å². The number of nitro groups is 1. The molecule has 0 aliphatic rings. The van der Waals surface area contributed by atoms with Crippen molar-refractivity contribution < 1.29 is 10.0 Å². The lowest BCUT2D eigenvalue weighted by Crippen LogP contribution is -1.91. The van der Waals surface area contributed by atoms with Crippen LogP contribution in [-0.4, -0.2) is 20.0 Å². The first-order chi connectivity index (χ1) is 11.9. The minimum Gasteiger partial charge on any atom is -0.501 e. The number of benzene rings is 2. The molecule has 3 aromatic rings. The third kappa shape index (κ3) is 3.22. The summed E-state index contributed by atoms with van der Waals surface area (Å²) in [7, 11) is 0. The van der Waals surface area contributed by atoms with Gasteiger partial charge >= 0.3 is 5.69 Å². The quantitative estimate of drug-likeness (QED) is 0.387. The van der Waals surface area contributed by atoms with Crippen LogP contribution in [0.3, 0.4) is 0 Å². The lowest BCUT2D eigenvalue weighted by atomic mass is 10.1. The third-order valence-electron chi connectivity index (χ3n) is 3.59. The number of nitrogens with one attached hydrogen (secondary N) is 1. The van der Waals surface area contributed by atoms with E-state index in [1.165, 1.54) is 18.2 Å². The van der Waals surface area contributed by atoms with Crippen LogP contribution in [0.4, 0.5) is 5.69 Å². The number of phenols is 1. The minimum atomic E-state index is -0.687. The maximum atomic E-state index is 11.0. The number of rotatable bonds is 3. The molecule has 0 aliphatic heterocycles. The number of aromatic hydroxyl groups is 1. The van der Waals surface area contributed by atoms with E-state index in [-0.39, 0.29) is 10.0 Å². The molecule has 7 nitrogen and oxygen atoms in total. The molecule has 0 radical (unpaired) electrons. The second-order valence-electron chi connectivity index (χ2n) is 5.40. The van der Waals surface area contributed by atoms with E-state index in [0.717, 1.165) is 16.6 Å². The first-order valence-corrected chi connectivity index (χ1v) is 7.94. The van der Waals surface area contributed by atoms with Crippen LogP contribution in [0.25, 0.3) is 22.7 Å². The van der Waals surface area contributed by atoms with E-state index in [0.29, 0.717) is 11.4 Å². The van der Waals surface area contributed by atoms with Gasteiger partial charge in [0.05, 0.1) is 26.0 Å². The Morgan fingerprint density at radius 1 is 1.44 bits per heavy atom. The molecule has 1 aromatic heterocycles. The fourth-order valence-corrected chi connectivity index (χ4v) is 2.87. The fourth-order valence-electron chi connectivity index (χ4n) is 2.40. The molecule has 0 atom stereocenters. The lowest BCUT2D eigenvalue weighted by Gasteiger charge is -2.02. The zero-order valence-corrected chi connectivity index (χ0v) is 14.5. The van der Waals surface area contributed by atoms with Crippen molar-refractivity contribution >= 4 is 44.3 Å². The molecule has 8 heteroatoms. The second kappa shape index (κ2) is 6.37. The van der Waals surface area contributed by atoms with Gasteiger partial charge in [-0.1, -0.05) is 6.07 Å². The second-order valence-corrected chi connectivity index (χ2v) is 6.26. The smallest absolute Gasteiger partial charge is 0.312 e. The van der Waals surface area contributed by atoms with Gasteiger partial charge in [0.25, 0.3) is 0 Å². The van der Waals surface area contributed by atoms with Crippen molar-refractivity contribution in [1.29, 1.82) is 5.26 Å². The Bertz CT molecular complexity index is 1080. The topological polar surface area (TPSA) is 116 Å². The van der Waals surface area contributed by atoms with Crippen molar-refractivity contribution in [3.05, 3.63) is 61.9 Å². The number of aryl methyl sites for hydroxylation is 1. The van der Waals surface area contributed by atoms with Crippen molar-refractivity contribution in [3.8, 4) is 11.8 Å². The fraction of sp³-hybridized carbons (Fsp3) is 0.0588. The van der Waals surface area contributed by atoms with Crippen molar-refractivity contribution in [2.75, 3.05) is 0 Å². The number of nitrogens with zero attached hydrogens (tertiary/aromatic N) is 3. The number of H-pyrrole nitrogens is 1. The van der Waals surface area contributed by atoms with Gasteiger partial charge in [0.2, 0.25) is 5.75 Å². The summed E-state index contributed by atoms with van der Waals surface area (Å²) in [5, 5.41) is 30.2. The number of nitro benzene ring substituents is 1. The predicted octanol–water partition coefficient (Wildman–Crippen LogP) is 4.31. The highest BCUT2D eigenvalue weighted by Crippen LogP contribution is 2.36. The van der Waals surface area contributed by atoms with Gasteiger partial charge in [0, 0.05) is 6.07 Å². The van der Waals surface area contributed by atoms with Crippen LogP contribution in [0.15, 0.2) is 34.8 Å². The Morgan fingerprint density at radius 2 is 2.20 bits per heavy atom. The van der Waals surface area contributed by atoms with Gasteiger partial charge in [-0.15, -0.1) is 0 Å². The van der Waals surface area contributed by atoms with E-state index in [9.17, 15) is 20.5 Å². The first kappa shape index (κ1) is 16.7. The van der Waals surface area contributed by atoms with Gasteiger partial charge < -0.3 is 10.1 Å². The Morgan fingerprint density at radius 3 is 2.88 bits per heavy atom. The summed E-state index contributed by atoms with van der Waals surface area (Å²) in [5.74, 6) is -0.0881. The molecule has 1 heterocycles. The number of halogens is 1. The summed E-state index contributed by atoms with van der Waals surface area (Å²) in [6.45, 7) is 1.95. The number of hydrogen-bond acceptors (Lipinski definition) is 5. The summed E-state index contributed by atoms with van der Waals surface area (Å²) < 4.78 is 0.172. The van der Waals surface area contributed by atoms with Gasteiger partial charge in [-0.2, -0.15) is 5.26 Å². The number of aromatic amines is 1. The van der Waals surface area contributed by atoms with Crippen LogP contribution in [-0.2, 0) is 0 Å². The highest BCUT2D eigenvalue weighted by molar-refractivity contribution is 9.10. The molecule has 0 spiro atoms. The monoisotopic (exact) mass is 398 g/mol. The first-order valence-electron chi connectivity index (χ1n) is 7.14. The molecule has 0 saturated carbocycles. The molecule has 25 heavy (non-hydrogen) atoms. The zero-order valence-electron chi connectivity index (χ0n) is 12.9. The molecule has 124 valence electrons. The van der Waals surface area contributed by atoms with Crippen molar-refractivity contribution in [3.63, 3.8) is 0 Å². The number of hydrogen-bond donors (Lipinski definition) is 2. The van der Waals surface area contributed by atoms with Gasteiger partial charge in [-0.05, 0) is 58.3 Å². The minimum absolute atomic E-state index is 0.172. The SMILES string of the molecule is Cc1ccc2nc(C(C#N)=Cc3cc(Br)c(O)c([N+](=O)[O-])c3)[nH]c2c1. The highest BCUT2D eigenvalue weighted by Gasteiger charge is 2.18. The van der Waals surface area contributed by atoms with Gasteiger partial charge in [-0.3, -0.25) is 10.1 Å². The molecule has 0 unspecified atom stereocenters. The summed E-state index contributed by atoms with van der Waals surface area (Å²) in [4.78, 5) is 17.8. The summed E-state index contributed by atoms with van der Waals surface area (Å²) in [6, 6.07) is 10.4. The Balaban J connectivity index is 2.11. The van der Waals surface area contributed by atoms with Crippen molar-refractivity contribution in [2.24, 2.45) is 0 Å². The third-order valence-corrected chi connectivity index (χ3v) is 4.19. The number of aromatic nitrogens is 2. The average Bonchev–Trinajstić information content (AvgIpc) is 2.98. The largest absolute Gasteiger partial charge is 0.501 e. The predicted molar refractivity (Wildman–Crippen MR) is 96.8 cm³/mol. The van der Waals surface area contributed by atoms with Crippen LogP contribution in [0.1, 0.15) is 17.0 Å². The van der Waals surface area contributed by atoms with Crippen LogP contribution in [0.2, 0.25) is 0 Å². The number of allylic oxidation sites excluding steroid dienone is 1. The number of fused-ring (bicyclic) bond motifs is 1. The molecular formula is C17H11BrN4O3. The lowest BCUT2D eigenvalue weighted by molar-refractivity contribution is -0.386. The van der Waals surface area contributed by atoms with Crippen LogP contribution < -0.4 is 0 Å². The van der Waals surface area contributed by atoms with Gasteiger partial charge in [-0.25, -0.2) is 4.98 Å². The number of phenolic OH excluding ortho intramolecular Hbond substituents is 1. The number of nitriles is 1. The van der Waals surface area contributed by atoms with E-state index >= 15 is 0 Å². The number of imidazole rings is 1. The van der Waals surface area contributed by atoms with Crippen LogP contribution in [0.5, 0.6) is 5.75 Å². The van der Waals surface area contributed by atoms with Crippen LogP contribution in [0, 0.1) is 28.4 Å². The average molecular weight is 399 g/mol. The van der Waals surface area contributed by atoms with Gasteiger partial charge in [0.1, 0.15) is 11.9 Å². The molecule has 0 aliphatic carbocycles. The standard InChI is InChI=1S/C17H11BrN4O3/c1-9-2-3-13-14(4-9)21-17(20-13)11(8-19)5-10-6-12(18)16(23)15(7-10)22(24)25/h2-7,23H,1H3,(H,20,21). The Labute approximate surface area is 150 Å². The maximum absolute atomic E-state index is 11.0. The molecule has 2 aromatic carbocycles. The summed E-state index contributed by atoms with van der Waals surface area (Å²) in [6.07, 6.45) is 1.47. The molecule has 2 N–H and O–H groups in total. The molecule has 0 amide bonds. The van der Waals surface area contributed by atoms with E-state index in [2.05, 4.69) is 25.9 Å². The molecular weight excluding hydrogens is 388 g/mol. The normalized spacial score (nSPS) is 11.5. The molecule has 3 rings (SSSR count). The van der Waals surface area contributed by atoms with E-state index in [1.54, 1.807) is 0 Å². The van der Waals surface area contributed by atoms with E-state index in [1.807, 2.05) is 31.2 Å². The maximum Gasteiger partial charge on any atom is 0.312 e.